The van der Waals surface area contributed by atoms with E-state index >= 15 is 0 Å². The zero-order chi connectivity index (χ0) is 20.9. The van der Waals surface area contributed by atoms with Crippen molar-refractivity contribution in [2.24, 2.45) is 0 Å². The van der Waals surface area contributed by atoms with Gasteiger partial charge in [-0.3, -0.25) is 14.7 Å². The third-order valence-electron chi connectivity index (χ3n) is 5.19. The van der Waals surface area contributed by atoms with Gasteiger partial charge in [0.1, 0.15) is 0 Å². The molecule has 1 N–H and O–H groups in total. The fourth-order valence-electron chi connectivity index (χ4n) is 3.53. The number of nitriles is 1. The summed E-state index contributed by atoms with van der Waals surface area (Å²) in [6, 6.07) is 19.9. The normalized spacial score (nSPS) is 12.9. The van der Waals surface area contributed by atoms with Crippen molar-refractivity contribution in [1.82, 2.24) is 15.2 Å². The Morgan fingerprint density at radius 1 is 1.13 bits per heavy atom. The molecule has 1 aromatic heterocycles. The molecule has 6 heteroatoms. The molecule has 0 saturated carbocycles. The first-order valence-corrected chi connectivity index (χ1v) is 11.0. The van der Waals surface area contributed by atoms with Gasteiger partial charge in [-0.15, -0.1) is 11.8 Å². The van der Waals surface area contributed by atoms with Crippen molar-refractivity contribution >= 4 is 17.7 Å². The maximum absolute atomic E-state index is 12.6. The Labute approximate surface area is 180 Å². The van der Waals surface area contributed by atoms with Crippen LogP contribution in [-0.4, -0.2) is 22.0 Å². The Kier molecular flexibility index (Phi) is 6.12. The van der Waals surface area contributed by atoms with E-state index in [9.17, 15) is 4.79 Å². The van der Waals surface area contributed by atoms with Crippen molar-refractivity contribution in [3.8, 4) is 6.07 Å². The highest BCUT2D eigenvalue weighted by atomic mass is 32.2. The molecule has 0 unspecified atom stereocenters. The zero-order valence-corrected chi connectivity index (χ0v) is 17.6. The average Bonchev–Trinajstić information content (AvgIpc) is 3.19. The summed E-state index contributed by atoms with van der Waals surface area (Å²) in [4.78, 5) is 20.6. The molecule has 1 aliphatic rings. The van der Waals surface area contributed by atoms with Crippen LogP contribution in [0.1, 0.15) is 38.3 Å². The summed E-state index contributed by atoms with van der Waals surface area (Å²) in [5.74, 6) is -0.107. The molecule has 0 radical (unpaired) electrons. The first-order chi connectivity index (χ1) is 14.6. The molecule has 0 bridgehead atoms. The van der Waals surface area contributed by atoms with E-state index in [0.717, 1.165) is 42.0 Å². The summed E-state index contributed by atoms with van der Waals surface area (Å²) in [5.41, 5.74) is 5.61. The van der Waals surface area contributed by atoms with E-state index in [-0.39, 0.29) is 5.91 Å². The molecule has 3 aromatic rings. The number of hydrogen-bond donors (Lipinski definition) is 1. The number of nitrogens with one attached hydrogen (secondary N) is 1. The summed E-state index contributed by atoms with van der Waals surface area (Å²) in [5, 5.41) is 11.9. The van der Waals surface area contributed by atoms with Gasteiger partial charge >= 0.3 is 0 Å². The Balaban J connectivity index is 1.36. The van der Waals surface area contributed by atoms with Crippen LogP contribution in [0.3, 0.4) is 0 Å². The standard InChI is InChI=1S/C24H22N4OS/c1-30-22-8-6-18(7-9-22)12-27-24(29)20-10-21-15-28(16-23(21)26-13-20)14-19-4-2-17(11-25)3-5-19/h2-10,13H,12,14-16H2,1H3,(H,27,29). The Hall–Kier alpha value is -3.14. The molecule has 2 heterocycles. The van der Waals surface area contributed by atoms with Crippen LogP contribution in [0.15, 0.2) is 65.7 Å². The van der Waals surface area contributed by atoms with Gasteiger partial charge in [-0.25, -0.2) is 0 Å². The second kappa shape index (κ2) is 9.12. The van der Waals surface area contributed by atoms with E-state index in [0.29, 0.717) is 17.7 Å². The SMILES string of the molecule is CSc1ccc(CNC(=O)c2cnc3c(c2)CN(Cc2ccc(C#N)cc2)C3)cc1. The molecular weight excluding hydrogens is 392 g/mol. The molecule has 4 rings (SSSR count). The average molecular weight is 415 g/mol. The number of carbonyl (C=O) groups is 1. The van der Waals surface area contributed by atoms with E-state index < -0.39 is 0 Å². The quantitative estimate of drug-likeness (QED) is 0.615. The third-order valence-corrected chi connectivity index (χ3v) is 5.93. The fourth-order valence-corrected chi connectivity index (χ4v) is 3.94. The summed E-state index contributed by atoms with van der Waals surface area (Å²) < 4.78 is 0. The van der Waals surface area contributed by atoms with Crippen molar-refractivity contribution in [2.75, 3.05) is 6.26 Å². The van der Waals surface area contributed by atoms with E-state index in [4.69, 9.17) is 5.26 Å². The molecule has 0 saturated heterocycles. The van der Waals surface area contributed by atoms with Gasteiger partial charge in [0.25, 0.3) is 5.91 Å². The molecule has 1 aliphatic heterocycles. The van der Waals surface area contributed by atoms with Crippen LogP contribution in [0.4, 0.5) is 0 Å². The predicted octanol–water partition coefficient (Wildman–Crippen LogP) is 4.12. The second-order valence-electron chi connectivity index (χ2n) is 7.31. The van der Waals surface area contributed by atoms with Crippen molar-refractivity contribution in [2.45, 2.75) is 31.1 Å². The highest BCUT2D eigenvalue weighted by Crippen LogP contribution is 2.24. The molecule has 0 spiro atoms. The number of amides is 1. The molecular formula is C24H22N4OS. The second-order valence-corrected chi connectivity index (χ2v) is 8.19. The number of aromatic nitrogens is 1. The molecule has 0 atom stereocenters. The Morgan fingerprint density at radius 2 is 1.87 bits per heavy atom. The first kappa shape index (κ1) is 20.1. The molecule has 150 valence electrons. The van der Waals surface area contributed by atoms with Crippen LogP contribution in [0, 0.1) is 11.3 Å². The van der Waals surface area contributed by atoms with E-state index in [1.807, 2.05) is 48.7 Å². The minimum absolute atomic E-state index is 0.107. The van der Waals surface area contributed by atoms with Crippen molar-refractivity contribution < 1.29 is 4.79 Å². The van der Waals surface area contributed by atoms with Crippen molar-refractivity contribution in [3.05, 3.63) is 94.3 Å². The van der Waals surface area contributed by atoms with Gasteiger partial charge < -0.3 is 5.32 Å². The fraction of sp³-hybridized carbons (Fsp3) is 0.208. The lowest BCUT2D eigenvalue weighted by Gasteiger charge is -2.14. The topological polar surface area (TPSA) is 69.0 Å². The van der Waals surface area contributed by atoms with Gasteiger partial charge in [-0.2, -0.15) is 5.26 Å². The lowest BCUT2D eigenvalue weighted by molar-refractivity contribution is 0.0950. The third kappa shape index (κ3) is 4.70. The number of benzene rings is 2. The van der Waals surface area contributed by atoms with Crippen LogP contribution in [0.2, 0.25) is 0 Å². The predicted molar refractivity (Wildman–Crippen MR) is 118 cm³/mol. The summed E-state index contributed by atoms with van der Waals surface area (Å²) in [7, 11) is 0. The van der Waals surface area contributed by atoms with Gasteiger partial charge in [-0.05, 0) is 53.3 Å². The van der Waals surface area contributed by atoms with E-state index in [1.165, 1.54) is 4.90 Å². The van der Waals surface area contributed by atoms with Gasteiger partial charge in [0.15, 0.2) is 0 Å². The minimum atomic E-state index is -0.107. The number of rotatable bonds is 6. The molecule has 1 amide bonds. The molecule has 30 heavy (non-hydrogen) atoms. The molecule has 0 fully saturated rings. The largest absolute Gasteiger partial charge is 0.348 e. The van der Waals surface area contributed by atoms with E-state index in [2.05, 4.69) is 33.4 Å². The lowest BCUT2D eigenvalue weighted by atomic mass is 10.1. The highest BCUT2D eigenvalue weighted by molar-refractivity contribution is 7.98. The van der Waals surface area contributed by atoms with Crippen LogP contribution >= 0.6 is 11.8 Å². The van der Waals surface area contributed by atoms with Crippen LogP contribution in [-0.2, 0) is 26.2 Å². The number of pyridine rings is 1. The van der Waals surface area contributed by atoms with Gasteiger partial charge in [0, 0.05) is 37.3 Å². The summed E-state index contributed by atoms with van der Waals surface area (Å²) >= 11 is 1.70. The molecule has 5 nitrogen and oxygen atoms in total. The zero-order valence-electron chi connectivity index (χ0n) is 16.8. The first-order valence-electron chi connectivity index (χ1n) is 9.75. The van der Waals surface area contributed by atoms with E-state index in [1.54, 1.807) is 18.0 Å². The maximum Gasteiger partial charge on any atom is 0.253 e. The smallest absolute Gasteiger partial charge is 0.253 e. The monoisotopic (exact) mass is 414 g/mol. The number of hydrogen-bond acceptors (Lipinski definition) is 5. The molecule has 0 aliphatic carbocycles. The summed E-state index contributed by atoms with van der Waals surface area (Å²) in [6.45, 7) is 2.81. The van der Waals surface area contributed by atoms with Crippen molar-refractivity contribution in [1.29, 1.82) is 5.26 Å². The van der Waals surface area contributed by atoms with Crippen LogP contribution in [0.5, 0.6) is 0 Å². The Bertz CT molecular complexity index is 1090. The lowest BCUT2D eigenvalue weighted by Crippen LogP contribution is -2.23. The van der Waals surface area contributed by atoms with Crippen LogP contribution in [0.25, 0.3) is 0 Å². The number of nitrogens with zero attached hydrogens (tertiary/aromatic N) is 3. The van der Waals surface area contributed by atoms with Crippen molar-refractivity contribution in [3.63, 3.8) is 0 Å². The number of thioether (sulfide) groups is 1. The maximum atomic E-state index is 12.6. The Morgan fingerprint density at radius 3 is 2.57 bits per heavy atom. The number of fused-ring (bicyclic) bond motifs is 1. The molecule has 2 aromatic carbocycles. The van der Waals surface area contributed by atoms with Crippen LogP contribution < -0.4 is 5.32 Å². The van der Waals surface area contributed by atoms with Gasteiger partial charge in [0.2, 0.25) is 0 Å². The number of carbonyl (C=O) groups excluding carboxylic acids is 1. The van der Waals surface area contributed by atoms with Gasteiger partial charge in [0.05, 0.1) is 22.9 Å². The summed E-state index contributed by atoms with van der Waals surface area (Å²) in [6.07, 6.45) is 3.71. The highest BCUT2D eigenvalue weighted by Gasteiger charge is 2.21. The van der Waals surface area contributed by atoms with Gasteiger partial charge in [-0.1, -0.05) is 24.3 Å². The minimum Gasteiger partial charge on any atom is -0.348 e.